The van der Waals surface area contributed by atoms with Crippen LogP contribution in [0.4, 0.5) is 0 Å². The lowest BCUT2D eigenvalue weighted by molar-refractivity contribution is 0.0908. The Morgan fingerprint density at radius 3 is 2.75 bits per heavy atom. The summed E-state index contributed by atoms with van der Waals surface area (Å²) < 4.78 is 11.2. The fourth-order valence-electron chi connectivity index (χ4n) is 3.04. The molecule has 130 valence electrons. The lowest BCUT2D eigenvalue weighted by Crippen LogP contribution is -2.34. The number of likely N-dealkylation sites (tertiary alicyclic amines) is 1. The van der Waals surface area contributed by atoms with E-state index in [1.807, 2.05) is 37.2 Å². The minimum Gasteiger partial charge on any atom is -0.468 e. The molecule has 1 fully saturated rings. The predicted molar refractivity (Wildman–Crippen MR) is 90.7 cm³/mol. The Labute approximate surface area is 142 Å². The molecule has 3 heterocycles. The highest BCUT2D eigenvalue weighted by Crippen LogP contribution is 2.18. The first-order chi connectivity index (χ1) is 11.6. The van der Waals surface area contributed by atoms with E-state index in [-0.39, 0.29) is 11.9 Å². The molecule has 2 aromatic rings. The normalized spacial score (nSPS) is 16.6. The van der Waals surface area contributed by atoms with Crippen molar-refractivity contribution in [3.63, 3.8) is 0 Å². The second-order valence-electron chi connectivity index (χ2n) is 6.45. The predicted octanol–water partition coefficient (Wildman–Crippen LogP) is 2.50. The molecule has 1 N–H and O–H groups in total. The van der Waals surface area contributed by atoms with Gasteiger partial charge in [0.15, 0.2) is 5.76 Å². The quantitative estimate of drug-likeness (QED) is 0.845. The van der Waals surface area contributed by atoms with Gasteiger partial charge in [-0.1, -0.05) is 0 Å². The Balaban J connectivity index is 1.55. The molecular formula is C18H25N3O3. The summed E-state index contributed by atoms with van der Waals surface area (Å²) in [6.45, 7) is 3.45. The second kappa shape index (κ2) is 7.68. The molecule has 1 unspecified atom stereocenters. The molecule has 1 amide bonds. The molecule has 3 rings (SSSR count). The first kappa shape index (κ1) is 16.8. The van der Waals surface area contributed by atoms with Gasteiger partial charge in [0.2, 0.25) is 0 Å². The van der Waals surface area contributed by atoms with Crippen molar-refractivity contribution in [2.75, 3.05) is 33.7 Å². The highest BCUT2D eigenvalue weighted by Gasteiger charge is 2.20. The molecule has 1 saturated heterocycles. The number of carbonyl (C=O) groups excluding carboxylic acids is 1. The van der Waals surface area contributed by atoms with Crippen molar-refractivity contribution in [1.82, 2.24) is 15.1 Å². The van der Waals surface area contributed by atoms with E-state index in [0.717, 1.165) is 31.2 Å². The molecule has 1 aliphatic heterocycles. The molecule has 0 saturated carbocycles. The van der Waals surface area contributed by atoms with E-state index < -0.39 is 0 Å². The van der Waals surface area contributed by atoms with Gasteiger partial charge in [-0.15, -0.1) is 0 Å². The maximum Gasteiger partial charge on any atom is 0.287 e. The van der Waals surface area contributed by atoms with Gasteiger partial charge in [-0.25, -0.2) is 0 Å². The molecule has 6 heteroatoms. The lowest BCUT2D eigenvalue weighted by Gasteiger charge is -2.22. The SMILES string of the molecule is CN(C)C(CNC(=O)c1ccc(CN2CCCC2)o1)c1ccco1. The van der Waals surface area contributed by atoms with E-state index >= 15 is 0 Å². The molecular weight excluding hydrogens is 306 g/mol. The van der Waals surface area contributed by atoms with Gasteiger partial charge in [0.25, 0.3) is 5.91 Å². The zero-order chi connectivity index (χ0) is 16.9. The fraction of sp³-hybridized carbons (Fsp3) is 0.500. The number of hydrogen-bond donors (Lipinski definition) is 1. The van der Waals surface area contributed by atoms with E-state index in [1.165, 1.54) is 12.8 Å². The number of rotatable bonds is 7. The van der Waals surface area contributed by atoms with Crippen molar-refractivity contribution in [3.8, 4) is 0 Å². The first-order valence-corrected chi connectivity index (χ1v) is 8.42. The van der Waals surface area contributed by atoms with Crippen molar-refractivity contribution in [2.45, 2.75) is 25.4 Å². The standard InChI is InChI=1S/C18H25N3O3/c1-20(2)15(16-6-5-11-23-16)12-19-18(22)17-8-7-14(24-17)13-21-9-3-4-10-21/h5-8,11,15H,3-4,9-10,12-13H2,1-2H3,(H,19,22). The fourth-order valence-corrected chi connectivity index (χ4v) is 3.04. The topological polar surface area (TPSA) is 61.9 Å². The van der Waals surface area contributed by atoms with Gasteiger partial charge in [-0.05, 0) is 64.3 Å². The first-order valence-electron chi connectivity index (χ1n) is 8.42. The van der Waals surface area contributed by atoms with Crippen molar-refractivity contribution in [2.24, 2.45) is 0 Å². The Morgan fingerprint density at radius 2 is 2.08 bits per heavy atom. The third-order valence-electron chi connectivity index (χ3n) is 4.41. The molecule has 1 atom stereocenters. The zero-order valence-electron chi connectivity index (χ0n) is 14.3. The highest BCUT2D eigenvalue weighted by molar-refractivity contribution is 5.91. The smallest absolute Gasteiger partial charge is 0.287 e. The molecule has 0 bridgehead atoms. The van der Waals surface area contributed by atoms with Crippen LogP contribution in [0.5, 0.6) is 0 Å². The monoisotopic (exact) mass is 331 g/mol. The van der Waals surface area contributed by atoms with E-state index in [1.54, 1.807) is 12.3 Å². The average Bonchev–Trinajstić information content (AvgIpc) is 3.30. The number of carbonyl (C=O) groups is 1. The van der Waals surface area contributed by atoms with Gasteiger partial charge >= 0.3 is 0 Å². The third kappa shape index (κ3) is 4.07. The van der Waals surface area contributed by atoms with Crippen LogP contribution < -0.4 is 5.32 Å². The van der Waals surface area contributed by atoms with Gasteiger partial charge in [0.05, 0.1) is 18.8 Å². The van der Waals surface area contributed by atoms with Crippen LogP contribution in [-0.4, -0.2) is 49.4 Å². The van der Waals surface area contributed by atoms with Crippen LogP contribution in [0.25, 0.3) is 0 Å². The van der Waals surface area contributed by atoms with E-state index in [9.17, 15) is 4.79 Å². The minimum absolute atomic E-state index is 0.0111. The molecule has 1 aliphatic rings. The van der Waals surface area contributed by atoms with Crippen LogP contribution in [0.1, 0.15) is 41.0 Å². The Bertz CT molecular complexity index is 642. The number of likely N-dealkylation sites (N-methyl/N-ethyl adjacent to an activating group) is 1. The molecule has 6 nitrogen and oxygen atoms in total. The maximum absolute atomic E-state index is 12.3. The van der Waals surface area contributed by atoms with Gasteiger partial charge in [-0.3, -0.25) is 14.6 Å². The summed E-state index contributed by atoms with van der Waals surface area (Å²) in [4.78, 5) is 16.7. The van der Waals surface area contributed by atoms with Crippen LogP contribution in [0.2, 0.25) is 0 Å². The van der Waals surface area contributed by atoms with Crippen molar-refractivity contribution < 1.29 is 13.6 Å². The minimum atomic E-state index is -0.193. The average molecular weight is 331 g/mol. The summed E-state index contributed by atoms with van der Waals surface area (Å²) in [6, 6.07) is 7.40. The van der Waals surface area contributed by atoms with Crippen LogP contribution >= 0.6 is 0 Å². The third-order valence-corrected chi connectivity index (χ3v) is 4.41. The molecule has 24 heavy (non-hydrogen) atoms. The van der Waals surface area contributed by atoms with E-state index in [0.29, 0.717) is 12.3 Å². The number of nitrogens with zero attached hydrogens (tertiary/aromatic N) is 2. The number of nitrogens with one attached hydrogen (secondary N) is 1. The van der Waals surface area contributed by atoms with Gasteiger partial charge < -0.3 is 14.2 Å². The van der Waals surface area contributed by atoms with Crippen molar-refractivity contribution in [3.05, 3.63) is 47.8 Å². The molecule has 0 radical (unpaired) electrons. The molecule has 0 aliphatic carbocycles. The van der Waals surface area contributed by atoms with E-state index in [2.05, 4.69) is 10.2 Å². The largest absolute Gasteiger partial charge is 0.468 e. The van der Waals surface area contributed by atoms with Crippen molar-refractivity contribution in [1.29, 1.82) is 0 Å². The van der Waals surface area contributed by atoms with E-state index in [4.69, 9.17) is 8.83 Å². The van der Waals surface area contributed by atoms with Crippen molar-refractivity contribution >= 4 is 5.91 Å². The second-order valence-corrected chi connectivity index (χ2v) is 6.45. The number of amides is 1. The number of hydrogen-bond acceptors (Lipinski definition) is 5. The summed E-state index contributed by atoms with van der Waals surface area (Å²) in [6.07, 6.45) is 4.13. The lowest BCUT2D eigenvalue weighted by atomic mass is 10.2. The number of furan rings is 2. The zero-order valence-corrected chi connectivity index (χ0v) is 14.3. The summed E-state index contributed by atoms with van der Waals surface area (Å²) in [5.41, 5.74) is 0. The van der Waals surface area contributed by atoms with Gasteiger partial charge in [0.1, 0.15) is 11.5 Å². The highest BCUT2D eigenvalue weighted by atomic mass is 16.4. The van der Waals surface area contributed by atoms with Crippen LogP contribution in [0.3, 0.4) is 0 Å². The Kier molecular flexibility index (Phi) is 5.37. The van der Waals surface area contributed by atoms with Crippen LogP contribution in [-0.2, 0) is 6.54 Å². The van der Waals surface area contributed by atoms with Crippen LogP contribution in [0.15, 0.2) is 39.4 Å². The summed E-state index contributed by atoms with van der Waals surface area (Å²) in [5.74, 6) is 1.84. The molecule has 0 aromatic carbocycles. The molecule has 0 spiro atoms. The summed E-state index contributed by atoms with van der Waals surface area (Å²) >= 11 is 0. The maximum atomic E-state index is 12.3. The Morgan fingerprint density at radius 1 is 1.29 bits per heavy atom. The van der Waals surface area contributed by atoms with Gasteiger partial charge in [-0.2, -0.15) is 0 Å². The van der Waals surface area contributed by atoms with Crippen LogP contribution in [0, 0.1) is 0 Å². The molecule has 2 aromatic heterocycles. The van der Waals surface area contributed by atoms with Gasteiger partial charge in [0, 0.05) is 6.54 Å². The summed E-state index contributed by atoms with van der Waals surface area (Å²) in [7, 11) is 3.92. The Hall–Kier alpha value is -2.05. The summed E-state index contributed by atoms with van der Waals surface area (Å²) in [5, 5.41) is 2.93.